The van der Waals surface area contributed by atoms with E-state index in [4.69, 9.17) is 5.73 Å². The van der Waals surface area contributed by atoms with Gasteiger partial charge in [0, 0.05) is 5.54 Å². The Balaban J connectivity index is 2.70. The van der Waals surface area contributed by atoms with Crippen LogP contribution >= 0.6 is 0 Å². The zero-order chi connectivity index (χ0) is 13.1. The molecule has 0 fully saturated rings. The third-order valence-electron chi connectivity index (χ3n) is 3.35. The second-order valence-electron chi connectivity index (χ2n) is 5.65. The van der Waals surface area contributed by atoms with Crippen LogP contribution in [0, 0.1) is 20.8 Å². The molecule has 0 saturated carbocycles. The predicted octanol–water partition coefficient (Wildman–Crippen LogP) is 4.14. The highest BCUT2D eigenvalue weighted by molar-refractivity contribution is 5.56. The summed E-state index contributed by atoms with van der Waals surface area (Å²) in [4.78, 5) is 0. The Kier molecular flexibility index (Phi) is 4.53. The van der Waals surface area contributed by atoms with E-state index in [0.29, 0.717) is 0 Å². The van der Waals surface area contributed by atoms with Gasteiger partial charge in [-0.25, -0.2) is 0 Å². The molecule has 0 spiro atoms. The van der Waals surface area contributed by atoms with Gasteiger partial charge in [0.25, 0.3) is 0 Å². The van der Waals surface area contributed by atoms with Gasteiger partial charge in [0.05, 0.1) is 0 Å². The van der Waals surface area contributed by atoms with Crippen LogP contribution in [0.3, 0.4) is 0 Å². The fourth-order valence-corrected chi connectivity index (χ4v) is 1.82. The summed E-state index contributed by atoms with van der Waals surface area (Å²) >= 11 is 0. The van der Waals surface area contributed by atoms with Crippen LogP contribution in [-0.2, 0) is 0 Å². The van der Waals surface area contributed by atoms with Gasteiger partial charge in [0.1, 0.15) is 0 Å². The van der Waals surface area contributed by atoms with Crippen molar-refractivity contribution in [1.82, 2.24) is 0 Å². The van der Waals surface area contributed by atoms with E-state index < -0.39 is 0 Å². The molecule has 0 saturated heterocycles. The van der Waals surface area contributed by atoms with Gasteiger partial charge in [-0.1, -0.05) is 24.3 Å². The number of rotatable bonds is 4. The van der Waals surface area contributed by atoms with E-state index in [1.807, 2.05) is 0 Å². The standard InChI is InChI=1S/C16H25N/c1-12-9-10-15(14(3)13(12)2)8-6-7-11-16(4,5)17/h6,8-10H,7,11,17H2,1-5H3/b8-6+. The second kappa shape index (κ2) is 5.50. The SMILES string of the molecule is Cc1ccc(/C=C/CCC(C)(C)N)c(C)c1C. The maximum Gasteiger partial charge on any atom is 0.01000 e. The van der Waals surface area contributed by atoms with E-state index in [9.17, 15) is 0 Å². The average Bonchev–Trinajstić information content (AvgIpc) is 2.22. The summed E-state index contributed by atoms with van der Waals surface area (Å²) in [7, 11) is 0. The maximum atomic E-state index is 5.95. The number of nitrogens with two attached hydrogens (primary N) is 1. The first-order chi connectivity index (χ1) is 7.81. The Morgan fingerprint density at radius 1 is 1.12 bits per heavy atom. The highest BCUT2D eigenvalue weighted by Gasteiger charge is 2.08. The molecule has 1 aromatic rings. The Morgan fingerprint density at radius 3 is 2.35 bits per heavy atom. The van der Waals surface area contributed by atoms with Crippen LogP contribution in [0.1, 0.15) is 48.9 Å². The molecular weight excluding hydrogens is 206 g/mol. The lowest BCUT2D eigenvalue weighted by molar-refractivity contribution is 0.482. The molecule has 0 aliphatic carbocycles. The van der Waals surface area contributed by atoms with Gasteiger partial charge in [0.15, 0.2) is 0 Å². The van der Waals surface area contributed by atoms with Crippen molar-refractivity contribution in [2.75, 3.05) is 0 Å². The molecule has 0 amide bonds. The van der Waals surface area contributed by atoms with Crippen molar-refractivity contribution in [1.29, 1.82) is 0 Å². The number of allylic oxidation sites excluding steroid dienone is 1. The number of hydrogen-bond donors (Lipinski definition) is 1. The molecule has 1 aromatic carbocycles. The first-order valence-electron chi connectivity index (χ1n) is 6.33. The molecule has 0 aliphatic rings. The molecule has 94 valence electrons. The van der Waals surface area contributed by atoms with Crippen LogP contribution in [0.4, 0.5) is 0 Å². The topological polar surface area (TPSA) is 26.0 Å². The zero-order valence-corrected chi connectivity index (χ0v) is 11.8. The maximum absolute atomic E-state index is 5.95. The molecule has 0 bridgehead atoms. The van der Waals surface area contributed by atoms with Crippen molar-refractivity contribution < 1.29 is 0 Å². The minimum atomic E-state index is -0.0669. The quantitative estimate of drug-likeness (QED) is 0.828. The van der Waals surface area contributed by atoms with E-state index in [1.54, 1.807) is 0 Å². The van der Waals surface area contributed by atoms with Crippen LogP contribution < -0.4 is 5.73 Å². The third kappa shape index (κ3) is 4.35. The van der Waals surface area contributed by atoms with Crippen LogP contribution in [0.2, 0.25) is 0 Å². The number of hydrogen-bond acceptors (Lipinski definition) is 1. The summed E-state index contributed by atoms with van der Waals surface area (Å²) in [5, 5.41) is 0. The minimum absolute atomic E-state index is 0.0669. The summed E-state index contributed by atoms with van der Waals surface area (Å²) in [5.41, 5.74) is 11.4. The molecule has 0 aromatic heterocycles. The smallest absolute Gasteiger partial charge is 0.01000 e. The molecule has 0 radical (unpaired) electrons. The summed E-state index contributed by atoms with van der Waals surface area (Å²) in [5.74, 6) is 0. The highest BCUT2D eigenvalue weighted by Crippen LogP contribution is 2.19. The van der Waals surface area contributed by atoms with Crippen molar-refractivity contribution in [3.63, 3.8) is 0 Å². The highest BCUT2D eigenvalue weighted by atomic mass is 14.7. The van der Waals surface area contributed by atoms with Crippen molar-refractivity contribution >= 4 is 6.08 Å². The van der Waals surface area contributed by atoms with E-state index in [0.717, 1.165) is 12.8 Å². The van der Waals surface area contributed by atoms with Gasteiger partial charge in [-0.2, -0.15) is 0 Å². The zero-order valence-electron chi connectivity index (χ0n) is 11.8. The van der Waals surface area contributed by atoms with Crippen LogP contribution in [0.25, 0.3) is 6.08 Å². The lowest BCUT2D eigenvalue weighted by Gasteiger charge is -2.16. The third-order valence-corrected chi connectivity index (χ3v) is 3.35. The van der Waals surface area contributed by atoms with Crippen LogP contribution in [0.5, 0.6) is 0 Å². The average molecular weight is 231 g/mol. The molecule has 0 atom stereocenters. The number of aryl methyl sites for hydroxylation is 1. The van der Waals surface area contributed by atoms with Gasteiger partial charge in [0.2, 0.25) is 0 Å². The molecule has 0 heterocycles. The van der Waals surface area contributed by atoms with Gasteiger partial charge in [-0.3, -0.25) is 0 Å². The molecule has 1 nitrogen and oxygen atoms in total. The lowest BCUT2D eigenvalue weighted by atomic mass is 9.97. The Labute approximate surface area is 106 Å². The molecule has 1 heteroatoms. The summed E-state index contributed by atoms with van der Waals surface area (Å²) in [6.07, 6.45) is 6.50. The van der Waals surface area contributed by atoms with Gasteiger partial charge >= 0.3 is 0 Å². The Morgan fingerprint density at radius 2 is 1.76 bits per heavy atom. The number of benzene rings is 1. The van der Waals surface area contributed by atoms with Crippen molar-refractivity contribution in [2.45, 2.75) is 53.0 Å². The van der Waals surface area contributed by atoms with Crippen molar-refractivity contribution in [3.05, 3.63) is 40.5 Å². The lowest BCUT2D eigenvalue weighted by Crippen LogP contribution is -2.31. The van der Waals surface area contributed by atoms with Crippen LogP contribution in [-0.4, -0.2) is 5.54 Å². The monoisotopic (exact) mass is 231 g/mol. The molecule has 1 rings (SSSR count). The summed E-state index contributed by atoms with van der Waals surface area (Å²) < 4.78 is 0. The van der Waals surface area contributed by atoms with E-state index >= 15 is 0 Å². The fourth-order valence-electron chi connectivity index (χ4n) is 1.82. The predicted molar refractivity (Wildman–Crippen MR) is 77.2 cm³/mol. The van der Waals surface area contributed by atoms with Crippen molar-refractivity contribution in [2.24, 2.45) is 5.73 Å². The molecule has 0 unspecified atom stereocenters. The largest absolute Gasteiger partial charge is 0.326 e. The van der Waals surface area contributed by atoms with Gasteiger partial charge in [-0.05, 0) is 69.7 Å². The molecular formula is C16H25N. The molecule has 2 N–H and O–H groups in total. The second-order valence-corrected chi connectivity index (χ2v) is 5.65. The van der Waals surface area contributed by atoms with E-state index in [2.05, 4.69) is 58.9 Å². The van der Waals surface area contributed by atoms with E-state index in [-0.39, 0.29) is 5.54 Å². The van der Waals surface area contributed by atoms with Gasteiger partial charge < -0.3 is 5.73 Å². The van der Waals surface area contributed by atoms with E-state index in [1.165, 1.54) is 22.3 Å². The first kappa shape index (κ1) is 14.0. The normalized spacial score (nSPS) is 12.4. The molecule has 17 heavy (non-hydrogen) atoms. The first-order valence-corrected chi connectivity index (χ1v) is 6.33. The summed E-state index contributed by atoms with van der Waals surface area (Å²) in [6.45, 7) is 10.7. The Bertz CT molecular complexity index is 408. The summed E-state index contributed by atoms with van der Waals surface area (Å²) in [6, 6.07) is 4.39. The molecule has 0 aliphatic heterocycles. The van der Waals surface area contributed by atoms with Crippen molar-refractivity contribution in [3.8, 4) is 0 Å². The minimum Gasteiger partial charge on any atom is -0.326 e. The fraction of sp³-hybridized carbons (Fsp3) is 0.500. The van der Waals surface area contributed by atoms with Crippen LogP contribution in [0.15, 0.2) is 18.2 Å². The van der Waals surface area contributed by atoms with Gasteiger partial charge in [-0.15, -0.1) is 0 Å². The Hall–Kier alpha value is -1.08.